The van der Waals surface area contributed by atoms with Crippen LogP contribution in [0.15, 0.2) is 58.9 Å². The van der Waals surface area contributed by atoms with E-state index in [1.165, 1.54) is 6.42 Å². The Morgan fingerprint density at radius 2 is 0.513 bits per heavy atom. The molecule has 438 valence electrons. The van der Waals surface area contributed by atoms with Crippen LogP contribution in [-0.2, 0) is 49.4 Å². The topological polar surface area (TPSA) is 151 Å². The molecule has 8 bridgehead atoms. The van der Waals surface area contributed by atoms with Crippen molar-refractivity contribution in [2.75, 3.05) is 6.61 Å². The molecule has 76 heavy (non-hydrogen) atoms. The van der Waals surface area contributed by atoms with E-state index in [0.717, 1.165) is 199 Å². The molecule has 22 heteroatoms. The number of hydrogen-bond donors (Lipinski definition) is 2. The lowest BCUT2D eigenvalue weighted by Gasteiger charge is -2.61. The highest BCUT2D eigenvalue weighted by atomic mass is 28.6. The quantitative estimate of drug-likeness (QED) is 0.0441. The maximum atomic E-state index is 11.9. The summed E-state index contributed by atoms with van der Waals surface area (Å²) in [5.74, 6) is 0. The summed E-state index contributed by atoms with van der Waals surface area (Å²) >= 11 is 0. The number of aliphatic hydroxyl groups excluding tert-OH is 2. The van der Waals surface area contributed by atoms with Crippen molar-refractivity contribution < 1.29 is 59.6 Å². The summed E-state index contributed by atoms with van der Waals surface area (Å²) in [6.45, 7) is 14.9. The lowest BCUT2D eigenvalue weighted by Crippen LogP contribution is -2.88. The number of allylic oxidation sites excluding steroid dienone is 5. The molecule has 0 saturated carbocycles. The van der Waals surface area contributed by atoms with E-state index in [4.69, 9.17) is 49.4 Å². The van der Waals surface area contributed by atoms with Crippen molar-refractivity contribution in [3.8, 4) is 0 Å². The van der Waals surface area contributed by atoms with E-state index >= 15 is 0 Å². The van der Waals surface area contributed by atoms with Crippen LogP contribution in [0.4, 0.5) is 0 Å². The smallest absolute Gasteiger partial charge is 0.394 e. The molecule has 9 unspecified atom stereocenters. The second kappa shape index (κ2) is 34.5. The maximum absolute atomic E-state index is 11.9. The lowest BCUT2D eigenvalue weighted by molar-refractivity contribution is -0.0193. The minimum Gasteiger partial charge on any atom is -0.394 e. The minimum atomic E-state index is -4.55. The molecule has 9 atom stereocenters. The van der Waals surface area contributed by atoms with Crippen molar-refractivity contribution in [1.29, 1.82) is 0 Å². The van der Waals surface area contributed by atoms with Crippen LogP contribution in [-0.4, -0.2) is 93.4 Å². The van der Waals surface area contributed by atoms with Gasteiger partial charge >= 0.3 is 70.4 Å². The van der Waals surface area contributed by atoms with Gasteiger partial charge in [0.05, 0.1) is 12.7 Å². The third-order valence-corrected chi connectivity index (χ3v) is 48.8. The van der Waals surface area contributed by atoms with Crippen LogP contribution in [0, 0.1) is 0 Å². The van der Waals surface area contributed by atoms with Crippen LogP contribution in [0.5, 0.6) is 0 Å². The molecule has 0 aromatic heterocycles. The zero-order valence-corrected chi connectivity index (χ0v) is 56.6. The SMILES string of the molecule is CCCCCC=C[Si]12O[Si]3(C=CCCCCC)O[Si]4(CCCCCCC)O[Si](C=CCCCCC)(O1)O[Si]1(CC(O)CO)O[Si](C=CCCCCCCC)(O2)O[Si](CCCCCCC)(O3)O[Si](C=CCCCCC)(O4)O1. The van der Waals surface area contributed by atoms with Gasteiger partial charge in [-0.05, 0) is 106 Å². The van der Waals surface area contributed by atoms with Crippen molar-refractivity contribution in [3.05, 3.63) is 58.9 Å². The van der Waals surface area contributed by atoms with E-state index in [0.29, 0.717) is 12.1 Å². The highest BCUT2D eigenvalue weighted by molar-refractivity contribution is 7.06. The van der Waals surface area contributed by atoms with E-state index in [1.54, 1.807) is 0 Å². The molecular weight excluding hydrogens is 1100 g/mol. The van der Waals surface area contributed by atoms with Crippen LogP contribution in [0.2, 0.25) is 18.1 Å². The van der Waals surface area contributed by atoms with Crippen molar-refractivity contribution in [3.63, 3.8) is 0 Å². The summed E-state index contributed by atoms with van der Waals surface area (Å²) < 4.78 is 94.8. The van der Waals surface area contributed by atoms with Crippen molar-refractivity contribution >= 4 is 70.4 Å². The van der Waals surface area contributed by atoms with E-state index in [1.807, 2.05) is 28.5 Å². The molecule has 6 heterocycles. The third kappa shape index (κ3) is 20.9. The highest BCUT2D eigenvalue weighted by Crippen LogP contribution is 2.52. The zero-order chi connectivity index (χ0) is 54.6. The largest absolute Gasteiger partial charge is 0.507 e. The second-order valence-corrected chi connectivity index (χ2v) is 44.9. The lowest BCUT2D eigenvalue weighted by atomic mass is 10.1. The molecule has 0 aliphatic carbocycles. The third-order valence-electron chi connectivity index (χ3n) is 14.4. The first-order valence-electron chi connectivity index (χ1n) is 31.0. The molecule has 6 saturated heterocycles. The van der Waals surface area contributed by atoms with Gasteiger partial charge in [-0.2, -0.15) is 0 Å². The van der Waals surface area contributed by atoms with Crippen LogP contribution < -0.4 is 0 Å². The summed E-state index contributed by atoms with van der Waals surface area (Å²) in [5.41, 5.74) is 9.92. The van der Waals surface area contributed by atoms with Crippen molar-refractivity contribution in [2.24, 2.45) is 0 Å². The molecule has 2 N–H and O–H groups in total. The van der Waals surface area contributed by atoms with Crippen LogP contribution in [0.1, 0.15) is 254 Å². The van der Waals surface area contributed by atoms with Gasteiger partial charge in [0.25, 0.3) is 0 Å². The van der Waals surface area contributed by atoms with Crippen LogP contribution in [0.3, 0.4) is 0 Å². The van der Waals surface area contributed by atoms with E-state index in [9.17, 15) is 10.2 Å². The minimum absolute atomic E-state index is 0.230. The Bertz CT molecular complexity index is 1790. The number of unbranched alkanes of at least 4 members (excludes halogenated alkanes) is 25. The molecule has 0 spiro atoms. The van der Waals surface area contributed by atoms with E-state index in [2.05, 4.69) is 78.8 Å². The molecule has 0 aromatic carbocycles. The summed E-state index contributed by atoms with van der Waals surface area (Å²) in [6.07, 6.45) is 40.9. The monoisotopic (exact) mass is 1200 g/mol. The number of aliphatic hydroxyl groups is 2. The molecule has 6 rings (SSSR count). The molecule has 0 amide bonds. The fraction of sp³-hybridized carbons (Fsp3) is 0.815. The average Bonchev–Trinajstić information content (AvgIpc) is 3.37. The fourth-order valence-corrected chi connectivity index (χ4v) is 55.5. The van der Waals surface area contributed by atoms with Crippen LogP contribution in [0.25, 0.3) is 0 Å². The predicted molar refractivity (Wildman–Crippen MR) is 320 cm³/mol. The maximum Gasteiger partial charge on any atom is 0.507 e. The van der Waals surface area contributed by atoms with Gasteiger partial charge in [-0.15, -0.1) is 0 Å². The Labute approximate surface area is 471 Å². The molecule has 0 aromatic rings. The predicted octanol–water partition coefficient (Wildman–Crippen LogP) is 15.2. The van der Waals surface area contributed by atoms with Gasteiger partial charge in [0.1, 0.15) is 0 Å². The molecular formula is C54H106O14Si8. The first-order chi connectivity index (χ1) is 36.9. The Kier molecular flexibility index (Phi) is 30.2. The molecule has 14 nitrogen and oxygen atoms in total. The average molecular weight is 1200 g/mol. The van der Waals surface area contributed by atoms with Crippen molar-refractivity contribution in [2.45, 2.75) is 278 Å². The van der Waals surface area contributed by atoms with Gasteiger partial charge in [0.2, 0.25) is 0 Å². The first kappa shape index (κ1) is 66.7. The second-order valence-electron chi connectivity index (χ2n) is 21.9. The Hall–Kier alpha value is -0.125. The summed E-state index contributed by atoms with van der Waals surface area (Å²) in [7, 11) is -34.9. The number of hydrogen-bond acceptors (Lipinski definition) is 14. The summed E-state index contributed by atoms with van der Waals surface area (Å²) in [6, 6.07) is 0.579. The standard InChI is InChI=1S/C54H106O14Si8/c1-8-15-22-29-30-37-44-51-75-64-71(47-40-33-25-18-11-4)58-69(45-38-31-23-16-9-2)57-70(46-39-32-24-17-10-3)60-73(62-71,49-42-35-27-20-13-6)66-76(68-75,53-54(56)52-55)67-74(61-70,50-43-36-28-21-14-7)63-72(59-69,65-75)48-41-34-26-19-12-5/h38,40,42-45,47,49-51,54-56H,8-37,39,41,46,48,52-53H2,1-7H3. The van der Waals surface area contributed by atoms with Gasteiger partial charge < -0.3 is 59.6 Å². The fourth-order valence-electron chi connectivity index (χ4n) is 10.3. The van der Waals surface area contributed by atoms with Crippen LogP contribution >= 0.6 is 0 Å². The Balaban J connectivity index is 1.93. The van der Waals surface area contributed by atoms with Gasteiger partial charge in [0, 0.05) is 18.1 Å². The molecule has 6 aliphatic rings. The summed E-state index contributed by atoms with van der Waals surface area (Å²) in [4.78, 5) is 0. The van der Waals surface area contributed by atoms with Gasteiger partial charge in [-0.25, -0.2) is 0 Å². The zero-order valence-electron chi connectivity index (χ0n) is 48.6. The first-order valence-corrected chi connectivity index (χ1v) is 45.8. The molecule has 6 fully saturated rings. The van der Waals surface area contributed by atoms with Crippen molar-refractivity contribution in [1.82, 2.24) is 0 Å². The van der Waals surface area contributed by atoms with Gasteiger partial charge in [-0.1, -0.05) is 207 Å². The summed E-state index contributed by atoms with van der Waals surface area (Å²) in [5, 5.41) is 22.7. The Morgan fingerprint density at radius 1 is 0.289 bits per heavy atom. The normalized spacial score (nSPS) is 32.9. The molecule has 0 radical (unpaired) electrons. The van der Waals surface area contributed by atoms with E-state index < -0.39 is 83.1 Å². The molecule has 6 aliphatic heterocycles. The Morgan fingerprint density at radius 3 is 0.803 bits per heavy atom. The number of rotatable bonds is 42. The highest BCUT2D eigenvalue weighted by Gasteiger charge is 2.82. The van der Waals surface area contributed by atoms with Gasteiger partial charge in [-0.3, -0.25) is 0 Å². The van der Waals surface area contributed by atoms with E-state index in [-0.39, 0.29) is 6.04 Å². The van der Waals surface area contributed by atoms with Gasteiger partial charge in [0.15, 0.2) is 0 Å².